The summed E-state index contributed by atoms with van der Waals surface area (Å²) in [6.07, 6.45) is 5.45. The Labute approximate surface area is 124 Å². The van der Waals surface area contributed by atoms with Gasteiger partial charge in [-0.25, -0.2) is 0 Å². The van der Waals surface area contributed by atoms with Crippen molar-refractivity contribution in [3.05, 3.63) is 46.7 Å². The first-order valence-corrected chi connectivity index (χ1v) is 7.06. The number of aryl methyl sites for hydroxylation is 1. The summed E-state index contributed by atoms with van der Waals surface area (Å²) in [5, 5.41) is 4.76. The van der Waals surface area contributed by atoms with E-state index >= 15 is 0 Å². The normalized spacial score (nSPS) is 12.4. The summed E-state index contributed by atoms with van der Waals surface area (Å²) >= 11 is 6.22. The molecule has 1 atom stereocenters. The number of ether oxygens (including phenoxy) is 1. The fourth-order valence-electron chi connectivity index (χ4n) is 2.04. The van der Waals surface area contributed by atoms with Gasteiger partial charge in [-0.15, -0.1) is 0 Å². The minimum Gasteiger partial charge on any atom is -0.492 e. The summed E-state index contributed by atoms with van der Waals surface area (Å²) in [5.41, 5.74) is 8.06. The molecule has 20 heavy (non-hydrogen) atoms. The van der Waals surface area contributed by atoms with E-state index in [0.717, 1.165) is 24.0 Å². The molecule has 2 rings (SSSR count). The van der Waals surface area contributed by atoms with Gasteiger partial charge in [0.15, 0.2) is 0 Å². The number of hydrogen-bond acceptors (Lipinski definition) is 3. The van der Waals surface area contributed by atoms with Crippen LogP contribution in [0.4, 0.5) is 0 Å². The largest absolute Gasteiger partial charge is 0.492 e. The zero-order valence-corrected chi connectivity index (χ0v) is 12.6. The molecule has 0 radical (unpaired) electrons. The summed E-state index contributed by atoms with van der Waals surface area (Å²) in [4.78, 5) is 0. The minimum absolute atomic E-state index is 0.128. The average Bonchev–Trinajstić information content (AvgIpc) is 2.77. The molecule has 0 aliphatic carbocycles. The highest BCUT2D eigenvalue weighted by Crippen LogP contribution is 2.26. The molecule has 2 N–H and O–H groups in total. The van der Waals surface area contributed by atoms with Crippen LogP contribution in [0.2, 0.25) is 5.02 Å². The third-order valence-electron chi connectivity index (χ3n) is 2.96. The zero-order valence-electron chi connectivity index (χ0n) is 11.8. The number of hydrogen-bond donors (Lipinski definition) is 1. The summed E-state index contributed by atoms with van der Waals surface area (Å²) in [6, 6.07) is 5.96. The molecular weight excluding hydrogens is 274 g/mol. The molecule has 0 spiro atoms. The highest BCUT2D eigenvalue weighted by Gasteiger charge is 2.05. The van der Waals surface area contributed by atoms with Crippen molar-refractivity contribution >= 4 is 11.6 Å². The van der Waals surface area contributed by atoms with Gasteiger partial charge in [-0.05, 0) is 36.6 Å². The summed E-state index contributed by atoms with van der Waals surface area (Å²) < 4.78 is 7.49. The lowest BCUT2D eigenvalue weighted by Gasteiger charge is -2.10. The molecule has 2 aromatic rings. The molecule has 5 heteroatoms. The SMILES string of the molecule is CC(N)Cc1ccc(OCCc2cnn(C)c2)c(Cl)c1. The molecule has 0 fully saturated rings. The van der Waals surface area contributed by atoms with E-state index in [1.807, 2.05) is 44.6 Å². The Morgan fingerprint density at radius 2 is 2.20 bits per heavy atom. The topological polar surface area (TPSA) is 53.1 Å². The van der Waals surface area contributed by atoms with Gasteiger partial charge in [0.25, 0.3) is 0 Å². The predicted octanol–water partition coefficient (Wildman–Crippen LogP) is 2.58. The number of halogens is 1. The van der Waals surface area contributed by atoms with E-state index in [0.29, 0.717) is 17.4 Å². The third-order valence-corrected chi connectivity index (χ3v) is 3.26. The quantitative estimate of drug-likeness (QED) is 0.890. The van der Waals surface area contributed by atoms with Crippen molar-refractivity contribution in [3.8, 4) is 5.75 Å². The fraction of sp³-hybridized carbons (Fsp3) is 0.400. The van der Waals surface area contributed by atoms with Crippen LogP contribution in [-0.2, 0) is 19.9 Å². The highest BCUT2D eigenvalue weighted by molar-refractivity contribution is 6.32. The predicted molar refractivity (Wildman–Crippen MR) is 81.2 cm³/mol. The minimum atomic E-state index is 0.128. The molecule has 0 bridgehead atoms. The lowest BCUT2D eigenvalue weighted by atomic mass is 10.1. The lowest BCUT2D eigenvalue weighted by Crippen LogP contribution is -2.17. The van der Waals surface area contributed by atoms with Gasteiger partial charge in [0.05, 0.1) is 17.8 Å². The van der Waals surface area contributed by atoms with Crippen LogP contribution in [0.1, 0.15) is 18.1 Å². The second-order valence-corrected chi connectivity index (χ2v) is 5.47. The maximum Gasteiger partial charge on any atom is 0.137 e. The highest BCUT2D eigenvalue weighted by atomic mass is 35.5. The van der Waals surface area contributed by atoms with Crippen LogP contribution in [0, 0.1) is 0 Å². The molecule has 0 amide bonds. The van der Waals surface area contributed by atoms with Crippen molar-refractivity contribution in [2.75, 3.05) is 6.61 Å². The van der Waals surface area contributed by atoms with Crippen molar-refractivity contribution in [2.45, 2.75) is 25.8 Å². The molecule has 0 saturated carbocycles. The molecular formula is C15H20ClN3O. The molecule has 0 saturated heterocycles. The lowest BCUT2D eigenvalue weighted by molar-refractivity contribution is 0.322. The fourth-order valence-corrected chi connectivity index (χ4v) is 2.30. The van der Waals surface area contributed by atoms with E-state index in [1.54, 1.807) is 4.68 Å². The number of benzene rings is 1. The van der Waals surface area contributed by atoms with Crippen molar-refractivity contribution in [1.82, 2.24) is 9.78 Å². The average molecular weight is 294 g/mol. The third kappa shape index (κ3) is 4.25. The van der Waals surface area contributed by atoms with Gasteiger partial charge in [0.1, 0.15) is 5.75 Å². The number of rotatable bonds is 6. The first-order valence-electron chi connectivity index (χ1n) is 6.69. The van der Waals surface area contributed by atoms with Crippen LogP contribution in [0.3, 0.4) is 0 Å². The van der Waals surface area contributed by atoms with E-state index in [2.05, 4.69) is 5.10 Å². The Morgan fingerprint density at radius 3 is 2.80 bits per heavy atom. The van der Waals surface area contributed by atoms with Crippen molar-refractivity contribution in [1.29, 1.82) is 0 Å². The van der Waals surface area contributed by atoms with Gasteiger partial charge in [-0.3, -0.25) is 4.68 Å². The van der Waals surface area contributed by atoms with Gasteiger partial charge >= 0.3 is 0 Å². The first-order chi connectivity index (χ1) is 9.54. The van der Waals surface area contributed by atoms with Gasteiger partial charge in [-0.2, -0.15) is 5.10 Å². The van der Waals surface area contributed by atoms with Crippen molar-refractivity contribution < 1.29 is 4.74 Å². The second-order valence-electron chi connectivity index (χ2n) is 5.07. The molecule has 108 valence electrons. The standard InChI is InChI=1S/C15H20ClN3O/c1-11(17)7-12-3-4-15(14(16)8-12)20-6-5-13-9-18-19(2)10-13/h3-4,8-11H,5-7,17H2,1-2H3. The summed E-state index contributed by atoms with van der Waals surface area (Å²) in [6.45, 7) is 2.56. The van der Waals surface area contributed by atoms with Crippen LogP contribution in [0.5, 0.6) is 5.75 Å². The van der Waals surface area contributed by atoms with Gasteiger partial charge in [-0.1, -0.05) is 17.7 Å². The van der Waals surface area contributed by atoms with Crippen LogP contribution >= 0.6 is 11.6 Å². The van der Waals surface area contributed by atoms with Crippen molar-refractivity contribution in [3.63, 3.8) is 0 Å². The molecule has 0 aliphatic rings. The Kier molecular flexibility index (Phi) is 5.04. The number of nitrogens with two attached hydrogens (primary N) is 1. The Bertz CT molecular complexity index is 566. The summed E-state index contributed by atoms with van der Waals surface area (Å²) in [7, 11) is 1.90. The zero-order chi connectivity index (χ0) is 14.5. The molecule has 1 aromatic carbocycles. The van der Waals surface area contributed by atoms with Crippen LogP contribution < -0.4 is 10.5 Å². The molecule has 4 nitrogen and oxygen atoms in total. The number of aromatic nitrogens is 2. The maximum atomic E-state index is 6.22. The molecule has 1 heterocycles. The molecule has 1 aromatic heterocycles. The monoisotopic (exact) mass is 293 g/mol. The Hall–Kier alpha value is -1.52. The first kappa shape index (κ1) is 14.9. The van der Waals surface area contributed by atoms with E-state index in [-0.39, 0.29) is 6.04 Å². The number of nitrogens with zero attached hydrogens (tertiary/aromatic N) is 2. The summed E-state index contributed by atoms with van der Waals surface area (Å²) in [5.74, 6) is 0.712. The van der Waals surface area contributed by atoms with Crippen LogP contribution in [-0.4, -0.2) is 22.4 Å². The Balaban J connectivity index is 1.89. The van der Waals surface area contributed by atoms with Crippen LogP contribution in [0.25, 0.3) is 0 Å². The maximum absolute atomic E-state index is 6.22. The van der Waals surface area contributed by atoms with Crippen molar-refractivity contribution in [2.24, 2.45) is 12.8 Å². The second kappa shape index (κ2) is 6.77. The molecule has 0 aliphatic heterocycles. The van der Waals surface area contributed by atoms with E-state index in [9.17, 15) is 0 Å². The Morgan fingerprint density at radius 1 is 1.40 bits per heavy atom. The van der Waals surface area contributed by atoms with Gasteiger partial charge in [0, 0.05) is 25.7 Å². The van der Waals surface area contributed by atoms with Crippen LogP contribution in [0.15, 0.2) is 30.6 Å². The van der Waals surface area contributed by atoms with Gasteiger partial charge in [0.2, 0.25) is 0 Å². The smallest absolute Gasteiger partial charge is 0.137 e. The van der Waals surface area contributed by atoms with E-state index < -0.39 is 0 Å². The van der Waals surface area contributed by atoms with E-state index in [1.165, 1.54) is 0 Å². The molecule has 1 unspecified atom stereocenters. The van der Waals surface area contributed by atoms with Gasteiger partial charge < -0.3 is 10.5 Å². The van der Waals surface area contributed by atoms with E-state index in [4.69, 9.17) is 22.1 Å².